The minimum absolute atomic E-state index is 0.368. The van der Waals surface area contributed by atoms with Gasteiger partial charge >= 0.3 is 0 Å². The van der Waals surface area contributed by atoms with Crippen molar-refractivity contribution >= 4 is 40.1 Å². The van der Waals surface area contributed by atoms with Gasteiger partial charge in [0.1, 0.15) is 11.3 Å². The third kappa shape index (κ3) is 4.88. The lowest BCUT2D eigenvalue weighted by Crippen LogP contribution is -2.37. The monoisotopic (exact) mass is 447 g/mol. The van der Waals surface area contributed by atoms with Crippen molar-refractivity contribution in [3.05, 3.63) is 48.4 Å². The molecule has 0 unspecified atom stereocenters. The molecule has 0 amide bonds. The molecule has 1 fully saturated rings. The van der Waals surface area contributed by atoms with Gasteiger partial charge in [0.2, 0.25) is 5.95 Å². The van der Waals surface area contributed by atoms with E-state index in [-0.39, 0.29) is 0 Å². The van der Waals surface area contributed by atoms with E-state index < -0.39 is 0 Å². The van der Waals surface area contributed by atoms with Gasteiger partial charge in [-0.1, -0.05) is 6.07 Å². The highest BCUT2D eigenvalue weighted by Gasteiger charge is 2.22. The normalized spacial score (nSPS) is 15.2. The summed E-state index contributed by atoms with van der Waals surface area (Å²) in [6.45, 7) is 1.53. The summed E-state index contributed by atoms with van der Waals surface area (Å²) < 4.78 is 11.1. The Balaban J connectivity index is 1.65. The van der Waals surface area contributed by atoms with Crippen LogP contribution in [0, 0.1) is 0 Å². The summed E-state index contributed by atoms with van der Waals surface area (Å²) in [5.41, 5.74) is 8.98. The average Bonchev–Trinajstić information content (AvgIpc) is 2.87. The Morgan fingerprint density at radius 2 is 2.09 bits per heavy atom. The van der Waals surface area contributed by atoms with Gasteiger partial charge in [-0.3, -0.25) is 4.99 Å². The van der Waals surface area contributed by atoms with Crippen molar-refractivity contribution in [1.82, 2.24) is 15.0 Å². The van der Waals surface area contributed by atoms with Crippen LogP contribution >= 0.6 is 0 Å². The number of aromatic nitrogens is 3. The first-order valence-corrected chi connectivity index (χ1v) is 10.9. The number of rotatable bonds is 7. The molecule has 172 valence electrons. The molecule has 0 atom stereocenters. The summed E-state index contributed by atoms with van der Waals surface area (Å²) in [6.07, 6.45) is 8.77. The number of anilines is 3. The number of nitrogens with zero attached hydrogens (tertiary/aromatic N) is 5. The maximum Gasteiger partial charge on any atom is 0.227 e. The number of allylic oxidation sites excluding steroid dienone is 1. The number of nitrogens with one attached hydrogen (secondary N) is 1. The highest BCUT2D eigenvalue weighted by Crippen LogP contribution is 2.31. The number of pyridine rings is 1. The van der Waals surface area contributed by atoms with Crippen LogP contribution in [0.3, 0.4) is 0 Å². The summed E-state index contributed by atoms with van der Waals surface area (Å²) in [4.78, 5) is 20.2. The first-order valence-electron chi connectivity index (χ1n) is 10.9. The number of nitrogens with two attached hydrogens (primary N) is 1. The molecule has 9 nitrogen and oxygen atoms in total. The molecule has 1 aliphatic heterocycles. The van der Waals surface area contributed by atoms with E-state index in [2.05, 4.69) is 32.2 Å². The van der Waals surface area contributed by atoms with Crippen LogP contribution in [-0.4, -0.2) is 61.6 Å². The van der Waals surface area contributed by atoms with E-state index in [1.165, 1.54) is 6.20 Å². The van der Waals surface area contributed by atoms with Gasteiger partial charge in [-0.05, 0) is 36.6 Å². The molecule has 3 aromatic rings. The molecule has 0 radical (unpaired) electrons. The molecule has 0 bridgehead atoms. The molecule has 4 rings (SSSR count). The van der Waals surface area contributed by atoms with Crippen molar-refractivity contribution < 1.29 is 9.47 Å². The molecule has 33 heavy (non-hydrogen) atoms. The molecule has 0 spiro atoms. The summed E-state index contributed by atoms with van der Waals surface area (Å²) in [5.74, 6) is 1.95. The van der Waals surface area contributed by atoms with Crippen LogP contribution in [0.25, 0.3) is 16.5 Å². The number of hydrogen-bond acceptors (Lipinski definition) is 9. The Labute approximate surface area is 193 Å². The number of hydrogen-bond donors (Lipinski definition) is 2. The quantitative estimate of drug-likeness (QED) is 0.530. The molecule has 1 aromatic carbocycles. The van der Waals surface area contributed by atoms with Gasteiger partial charge in [0.05, 0.1) is 12.8 Å². The van der Waals surface area contributed by atoms with Crippen molar-refractivity contribution in [1.29, 1.82) is 0 Å². The zero-order valence-corrected chi connectivity index (χ0v) is 19.2. The van der Waals surface area contributed by atoms with Crippen LogP contribution in [0.4, 0.5) is 17.5 Å². The number of methoxy groups -OCH3 is 1. The third-order valence-corrected chi connectivity index (χ3v) is 5.78. The second kappa shape index (κ2) is 10.3. The molecular weight excluding hydrogens is 418 g/mol. The molecule has 1 aliphatic rings. The maximum absolute atomic E-state index is 5.74. The molecule has 0 aliphatic carbocycles. The number of benzene rings is 1. The Morgan fingerprint density at radius 1 is 1.27 bits per heavy atom. The lowest BCUT2D eigenvalue weighted by Gasteiger charge is -2.32. The van der Waals surface area contributed by atoms with Gasteiger partial charge in [0.25, 0.3) is 0 Å². The zero-order chi connectivity index (χ0) is 23.2. The van der Waals surface area contributed by atoms with E-state index in [0.29, 0.717) is 17.7 Å². The van der Waals surface area contributed by atoms with Crippen molar-refractivity contribution in [3.8, 4) is 5.75 Å². The Hall–Kier alpha value is -3.72. The summed E-state index contributed by atoms with van der Waals surface area (Å²) >= 11 is 0. The third-order valence-electron chi connectivity index (χ3n) is 5.78. The first-order chi connectivity index (χ1) is 16.1. The van der Waals surface area contributed by atoms with Gasteiger partial charge in [0, 0.05) is 69.1 Å². The van der Waals surface area contributed by atoms with E-state index in [0.717, 1.165) is 59.6 Å². The lowest BCUT2D eigenvalue weighted by molar-refractivity contribution is 0.0854. The van der Waals surface area contributed by atoms with E-state index in [1.54, 1.807) is 26.6 Å². The van der Waals surface area contributed by atoms with Gasteiger partial charge in [-0.2, -0.15) is 0 Å². The van der Waals surface area contributed by atoms with E-state index in [4.69, 9.17) is 20.2 Å². The molecule has 1 saturated heterocycles. The Bertz CT molecular complexity index is 1170. The van der Waals surface area contributed by atoms with Crippen LogP contribution in [-0.2, 0) is 4.74 Å². The van der Waals surface area contributed by atoms with Crippen molar-refractivity contribution in [2.45, 2.75) is 18.9 Å². The summed E-state index contributed by atoms with van der Waals surface area (Å²) in [7, 11) is 5.39. The van der Waals surface area contributed by atoms with Gasteiger partial charge < -0.3 is 25.4 Å². The molecular formula is C24H29N7O2. The highest BCUT2D eigenvalue weighted by molar-refractivity contribution is 6.09. The van der Waals surface area contributed by atoms with Crippen LogP contribution in [0.1, 0.15) is 18.4 Å². The minimum Gasteiger partial charge on any atom is -0.495 e. The molecule has 3 heterocycles. The lowest BCUT2D eigenvalue weighted by atomic mass is 10.1. The van der Waals surface area contributed by atoms with Gasteiger partial charge in [-0.15, -0.1) is 0 Å². The Morgan fingerprint density at radius 3 is 2.82 bits per heavy atom. The zero-order valence-electron chi connectivity index (χ0n) is 19.2. The second-order valence-electron chi connectivity index (χ2n) is 7.77. The minimum atomic E-state index is 0.368. The van der Waals surface area contributed by atoms with Crippen molar-refractivity contribution in [2.75, 3.05) is 44.6 Å². The van der Waals surface area contributed by atoms with Crippen LogP contribution in [0.5, 0.6) is 5.75 Å². The van der Waals surface area contributed by atoms with Crippen LogP contribution < -0.4 is 20.7 Å². The number of ether oxygens (including phenoxy) is 2. The van der Waals surface area contributed by atoms with E-state index in [9.17, 15) is 0 Å². The summed E-state index contributed by atoms with van der Waals surface area (Å²) in [5, 5.41) is 4.21. The van der Waals surface area contributed by atoms with Gasteiger partial charge in [-0.25, -0.2) is 15.0 Å². The second-order valence-corrected chi connectivity index (χ2v) is 7.77. The van der Waals surface area contributed by atoms with Crippen LogP contribution in [0.2, 0.25) is 0 Å². The smallest absolute Gasteiger partial charge is 0.227 e. The molecule has 9 heteroatoms. The predicted octanol–water partition coefficient (Wildman–Crippen LogP) is 3.39. The van der Waals surface area contributed by atoms with E-state index in [1.807, 2.05) is 30.5 Å². The largest absolute Gasteiger partial charge is 0.495 e. The van der Waals surface area contributed by atoms with E-state index >= 15 is 0 Å². The fraction of sp³-hybridized carbons (Fsp3) is 0.333. The van der Waals surface area contributed by atoms with Crippen molar-refractivity contribution in [2.24, 2.45) is 10.7 Å². The molecule has 0 saturated carbocycles. The predicted molar refractivity (Wildman–Crippen MR) is 132 cm³/mol. The highest BCUT2D eigenvalue weighted by atomic mass is 16.5. The van der Waals surface area contributed by atoms with Gasteiger partial charge in [0.15, 0.2) is 5.82 Å². The average molecular weight is 448 g/mol. The SMILES string of the molecule is CN=CC(=CN)c1ccc(Nc2ncc3ccnc(N(C)C4CCOCC4)c3n2)c(OC)c1. The van der Waals surface area contributed by atoms with Crippen molar-refractivity contribution in [3.63, 3.8) is 0 Å². The fourth-order valence-corrected chi connectivity index (χ4v) is 3.95. The molecule has 2 aromatic heterocycles. The number of fused-ring (bicyclic) bond motifs is 1. The Kier molecular flexibility index (Phi) is 6.99. The summed E-state index contributed by atoms with van der Waals surface area (Å²) in [6, 6.07) is 8.04. The topological polar surface area (TPSA) is 111 Å². The molecule has 3 N–H and O–H groups in total. The number of aliphatic imine (C=N–C) groups is 1. The maximum atomic E-state index is 5.74. The first kappa shape index (κ1) is 22.5. The fourth-order valence-electron chi connectivity index (χ4n) is 3.95. The standard InChI is InChI=1S/C24H29N7O2/c1-26-14-18(13-25)16-4-5-20(21(12-16)32-3)29-24-28-15-17-6-9-27-23(22(17)30-24)31(2)19-7-10-33-11-8-19/h4-6,9,12-15,19H,7-8,10-11,25H2,1-3H3,(H,28,29,30). The van der Waals surface area contributed by atoms with Crippen LogP contribution in [0.15, 0.2) is 47.9 Å².